The monoisotopic (exact) mass is 250 g/mol. The first kappa shape index (κ1) is 14.4. The van der Waals surface area contributed by atoms with E-state index in [1.54, 1.807) is 0 Å². The van der Waals surface area contributed by atoms with E-state index >= 15 is 0 Å². The summed E-state index contributed by atoms with van der Waals surface area (Å²) in [5.41, 5.74) is 6.66. The molecule has 1 rings (SSSR count). The number of nitrogens with zero attached hydrogens (tertiary/aromatic N) is 2. The molecular formula is C13H22N4O. The van der Waals surface area contributed by atoms with Gasteiger partial charge >= 0.3 is 0 Å². The van der Waals surface area contributed by atoms with Crippen LogP contribution in [0.25, 0.3) is 0 Å². The molecule has 18 heavy (non-hydrogen) atoms. The molecule has 0 saturated heterocycles. The summed E-state index contributed by atoms with van der Waals surface area (Å²) in [5, 5.41) is 3.16. The Labute approximate surface area is 108 Å². The molecule has 0 aliphatic rings. The fraction of sp³-hybridized carbons (Fsp3) is 0.615. The third-order valence-corrected chi connectivity index (χ3v) is 2.53. The van der Waals surface area contributed by atoms with Crippen LogP contribution in [-0.2, 0) is 4.79 Å². The van der Waals surface area contributed by atoms with Gasteiger partial charge in [0.2, 0.25) is 11.9 Å². The van der Waals surface area contributed by atoms with Crippen molar-refractivity contribution < 1.29 is 4.79 Å². The summed E-state index contributed by atoms with van der Waals surface area (Å²) in [6.07, 6.45) is 0.237. The Hall–Kier alpha value is -1.65. The lowest BCUT2D eigenvalue weighted by atomic mass is 10.0. The number of anilines is 1. The van der Waals surface area contributed by atoms with Crippen LogP contribution in [0.15, 0.2) is 6.07 Å². The van der Waals surface area contributed by atoms with Crippen molar-refractivity contribution >= 4 is 11.9 Å². The Kier molecular flexibility index (Phi) is 4.27. The van der Waals surface area contributed by atoms with Crippen LogP contribution in [-0.4, -0.2) is 21.4 Å². The second-order valence-corrected chi connectivity index (χ2v) is 5.56. The summed E-state index contributed by atoms with van der Waals surface area (Å²) in [7, 11) is 0. The van der Waals surface area contributed by atoms with E-state index in [9.17, 15) is 4.79 Å². The number of hydrogen-bond donors (Lipinski definition) is 2. The normalized spacial score (nSPS) is 11.7. The molecule has 0 spiro atoms. The Morgan fingerprint density at radius 3 is 2.56 bits per heavy atom. The third-order valence-electron chi connectivity index (χ3n) is 2.53. The number of nitrogens with one attached hydrogen (secondary N) is 1. The highest BCUT2D eigenvalue weighted by atomic mass is 16.1. The molecule has 0 atom stereocenters. The molecule has 0 radical (unpaired) electrons. The van der Waals surface area contributed by atoms with E-state index in [1.807, 2.05) is 26.8 Å². The first-order valence-electron chi connectivity index (χ1n) is 6.12. The first-order chi connectivity index (χ1) is 8.19. The molecule has 0 unspecified atom stereocenters. The molecule has 0 saturated carbocycles. The van der Waals surface area contributed by atoms with Gasteiger partial charge in [-0.3, -0.25) is 4.79 Å². The molecule has 5 heteroatoms. The standard InChI is InChI=1S/C13H22N4O/c1-8(2)10-6-9(3)15-12(16-10)17-13(4,5)7-11(14)18/h6,8H,7H2,1-5H3,(H2,14,18)(H,15,16,17). The number of carbonyl (C=O) groups excluding carboxylic acids is 1. The van der Waals surface area contributed by atoms with Gasteiger partial charge in [-0.25, -0.2) is 9.97 Å². The summed E-state index contributed by atoms with van der Waals surface area (Å²) >= 11 is 0. The minimum Gasteiger partial charge on any atom is -0.370 e. The summed E-state index contributed by atoms with van der Waals surface area (Å²) < 4.78 is 0. The van der Waals surface area contributed by atoms with Crippen molar-refractivity contribution in [2.24, 2.45) is 5.73 Å². The Morgan fingerprint density at radius 2 is 2.06 bits per heavy atom. The van der Waals surface area contributed by atoms with E-state index in [2.05, 4.69) is 29.1 Å². The molecule has 0 bridgehead atoms. The summed E-state index contributed by atoms with van der Waals surface area (Å²) in [5.74, 6) is 0.542. The maximum absolute atomic E-state index is 11.0. The Bertz CT molecular complexity index is 441. The van der Waals surface area contributed by atoms with Crippen LogP contribution < -0.4 is 11.1 Å². The van der Waals surface area contributed by atoms with Crippen molar-refractivity contribution in [3.63, 3.8) is 0 Å². The number of primary amides is 1. The van der Waals surface area contributed by atoms with Gasteiger partial charge in [0.15, 0.2) is 0 Å². The van der Waals surface area contributed by atoms with Crippen molar-refractivity contribution in [2.45, 2.75) is 52.5 Å². The summed E-state index contributed by atoms with van der Waals surface area (Å²) in [4.78, 5) is 19.8. The van der Waals surface area contributed by atoms with E-state index in [0.29, 0.717) is 11.9 Å². The molecule has 3 N–H and O–H groups in total. The summed E-state index contributed by atoms with van der Waals surface area (Å²) in [6, 6.07) is 1.97. The van der Waals surface area contributed by atoms with Gasteiger partial charge in [0.1, 0.15) is 0 Å². The number of carbonyl (C=O) groups is 1. The molecule has 1 heterocycles. The quantitative estimate of drug-likeness (QED) is 0.837. The zero-order valence-corrected chi connectivity index (χ0v) is 11.7. The second-order valence-electron chi connectivity index (χ2n) is 5.56. The lowest BCUT2D eigenvalue weighted by Crippen LogP contribution is -2.36. The Morgan fingerprint density at radius 1 is 1.44 bits per heavy atom. The lowest BCUT2D eigenvalue weighted by Gasteiger charge is -2.25. The average Bonchev–Trinajstić information content (AvgIpc) is 2.12. The summed E-state index contributed by atoms with van der Waals surface area (Å²) in [6.45, 7) is 9.90. The molecule has 1 amide bonds. The number of nitrogens with two attached hydrogens (primary N) is 1. The first-order valence-corrected chi connectivity index (χ1v) is 6.12. The number of rotatable bonds is 5. The Balaban J connectivity index is 2.93. The van der Waals surface area contributed by atoms with Crippen LogP contribution in [0, 0.1) is 6.92 Å². The predicted octanol–water partition coefficient (Wildman–Crippen LogP) is 1.97. The average molecular weight is 250 g/mol. The minimum absolute atomic E-state index is 0.237. The number of amides is 1. The SMILES string of the molecule is Cc1cc(C(C)C)nc(NC(C)(C)CC(N)=O)n1. The van der Waals surface area contributed by atoms with Gasteiger partial charge in [-0.05, 0) is 32.8 Å². The van der Waals surface area contributed by atoms with E-state index in [4.69, 9.17) is 5.73 Å². The van der Waals surface area contributed by atoms with Crippen molar-refractivity contribution in [1.82, 2.24) is 9.97 Å². The lowest BCUT2D eigenvalue weighted by molar-refractivity contribution is -0.118. The van der Waals surface area contributed by atoms with Crippen molar-refractivity contribution in [3.05, 3.63) is 17.5 Å². The topological polar surface area (TPSA) is 80.9 Å². The molecule has 5 nitrogen and oxygen atoms in total. The van der Waals surface area contributed by atoms with Gasteiger partial charge in [0, 0.05) is 23.3 Å². The smallest absolute Gasteiger partial charge is 0.223 e. The van der Waals surface area contributed by atoms with E-state index in [0.717, 1.165) is 11.4 Å². The molecule has 0 aliphatic carbocycles. The maximum Gasteiger partial charge on any atom is 0.223 e. The molecule has 1 aromatic heterocycles. The van der Waals surface area contributed by atoms with E-state index in [-0.39, 0.29) is 12.3 Å². The largest absolute Gasteiger partial charge is 0.370 e. The van der Waals surface area contributed by atoms with Crippen LogP contribution in [0.1, 0.15) is 51.4 Å². The van der Waals surface area contributed by atoms with Crippen molar-refractivity contribution in [3.8, 4) is 0 Å². The highest BCUT2D eigenvalue weighted by Crippen LogP contribution is 2.18. The van der Waals surface area contributed by atoms with Gasteiger partial charge in [-0.2, -0.15) is 0 Å². The van der Waals surface area contributed by atoms with Gasteiger partial charge in [0.05, 0.1) is 0 Å². The fourth-order valence-corrected chi connectivity index (χ4v) is 1.73. The molecule has 1 aromatic rings. The molecule has 0 aromatic carbocycles. The number of aromatic nitrogens is 2. The van der Waals surface area contributed by atoms with Gasteiger partial charge in [0.25, 0.3) is 0 Å². The number of hydrogen-bond acceptors (Lipinski definition) is 4. The van der Waals surface area contributed by atoms with Crippen LogP contribution in [0.2, 0.25) is 0 Å². The fourth-order valence-electron chi connectivity index (χ4n) is 1.73. The highest BCUT2D eigenvalue weighted by Gasteiger charge is 2.21. The van der Waals surface area contributed by atoms with Crippen LogP contribution >= 0.6 is 0 Å². The molecular weight excluding hydrogens is 228 g/mol. The third kappa shape index (κ3) is 4.31. The van der Waals surface area contributed by atoms with Crippen molar-refractivity contribution in [2.75, 3.05) is 5.32 Å². The molecule has 0 fully saturated rings. The van der Waals surface area contributed by atoms with Crippen LogP contribution in [0.3, 0.4) is 0 Å². The predicted molar refractivity (Wildman–Crippen MR) is 72.4 cm³/mol. The molecule has 0 aliphatic heterocycles. The molecule has 100 valence electrons. The minimum atomic E-state index is -0.451. The van der Waals surface area contributed by atoms with Gasteiger partial charge < -0.3 is 11.1 Å². The van der Waals surface area contributed by atoms with E-state index in [1.165, 1.54) is 0 Å². The highest BCUT2D eigenvalue weighted by molar-refractivity contribution is 5.75. The van der Waals surface area contributed by atoms with Crippen LogP contribution in [0.5, 0.6) is 0 Å². The van der Waals surface area contributed by atoms with Gasteiger partial charge in [-0.1, -0.05) is 13.8 Å². The number of aryl methyl sites for hydroxylation is 1. The van der Waals surface area contributed by atoms with Gasteiger partial charge in [-0.15, -0.1) is 0 Å². The second kappa shape index (κ2) is 5.33. The zero-order valence-electron chi connectivity index (χ0n) is 11.7. The maximum atomic E-state index is 11.0. The van der Waals surface area contributed by atoms with Crippen molar-refractivity contribution in [1.29, 1.82) is 0 Å². The van der Waals surface area contributed by atoms with E-state index < -0.39 is 5.54 Å². The zero-order chi connectivity index (χ0) is 13.9. The van der Waals surface area contributed by atoms with Crippen LogP contribution in [0.4, 0.5) is 5.95 Å².